The van der Waals surface area contributed by atoms with Crippen LogP contribution in [-0.4, -0.2) is 36.6 Å². The Labute approximate surface area is 110 Å². The molecule has 96 valence electrons. The van der Waals surface area contributed by atoms with Gasteiger partial charge in [0.05, 0.1) is 6.07 Å². The van der Waals surface area contributed by atoms with Crippen LogP contribution in [0.1, 0.15) is 19.4 Å². The van der Waals surface area contributed by atoms with Gasteiger partial charge < -0.3 is 4.90 Å². The molecule has 0 saturated carbocycles. The maximum Gasteiger partial charge on any atom is 0.103 e. The van der Waals surface area contributed by atoms with E-state index in [1.807, 2.05) is 13.8 Å². The molecule has 0 amide bonds. The summed E-state index contributed by atoms with van der Waals surface area (Å²) in [6.45, 7) is 10.0. The highest BCUT2D eigenvalue weighted by molar-refractivity contribution is 5.53. The lowest BCUT2D eigenvalue weighted by Gasteiger charge is -2.41. The average Bonchev–Trinajstić information content (AvgIpc) is 2.39. The SMILES string of the molecule is Cc1ccccc1N1CCN(C(C)(C)C#N)CC1. The lowest BCUT2D eigenvalue weighted by atomic mass is 10.0. The second kappa shape index (κ2) is 4.99. The summed E-state index contributed by atoms with van der Waals surface area (Å²) in [6, 6.07) is 10.9. The molecule has 1 aliphatic heterocycles. The zero-order valence-corrected chi connectivity index (χ0v) is 11.5. The molecule has 2 rings (SSSR count). The predicted octanol–water partition coefficient (Wildman–Crippen LogP) is 2.42. The maximum atomic E-state index is 9.17. The highest BCUT2D eigenvalue weighted by atomic mass is 15.3. The number of nitrogens with zero attached hydrogens (tertiary/aromatic N) is 3. The summed E-state index contributed by atoms with van der Waals surface area (Å²) in [5.41, 5.74) is 2.30. The Morgan fingerprint density at radius 1 is 1.11 bits per heavy atom. The number of benzene rings is 1. The van der Waals surface area contributed by atoms with Crippen LogP contribution in [0.4, 0.5) is 5.69 Å². The third-order valence-electron chi connectivity index (χ3n) is 3.80. The molecule has 1 aromatic carbocycles. The van der Waals surface area contributed by atoms with E-state index >= 15 is 0 Å². The van der Waals surface area contributed by atoms with Crippen LogP contribution in [0.5, 0.6) is 0 Å². The van der Waals surface area contributed by atoms with Crippen molar-refractivity contribution >= 4 is 5.69 Å². The third-order valence-corrected chi connectivity index (χ3v) is 3.80. The number of nitriles is 1. The summed E-state index contributed by atoms with van der Waals surface area (Å²) in [6.07, 6.45) is 0. The van der Waals surface area contributed by atoms with E-state index in [1.165, 1.54) is 11.3 Å². The van der Waals surface area contributed by atoms with Crippen molar-refractivity contribution in [1.29, 1.82) is 5.26 Å². The lowest BCUT2D eigenvalue weighted by molar-refractivity contribution is 0.158. The zero-order chi connectivity index (χ0) is 13.2. The standard InChI is InChI=1S/C15H21N3/c1-13-6-4-5-7-14(13)17-8-10-18(11-9-17)15(2,3)12-16/h4-7H,8-11H2,1-3H3. The van der Waals surface area contributed by atoms with Crippen LogP contribution >= 0.6 is 0 Å². The van der Waals surface area contributed by atoms with Gasteiger partial charge in [0, 0.05) is 31.9 Å². The van der Waals surface area contributed by atoms with E-state index in [9.17, 15) is 0 Å². The number of hydrogen-bond donors (Lipinski definition) is 0. The van der Waals surface area contributed by atoms with Gasteiger partial charge in [0.1, 0.15) is 5.54 Å². The van der Waals surface area contributed by atoms with Crippen LogP contribution in [0, 0.1) is 18.3 Å². The molecule has 0 aliphatic carbocycles. The quantitative estimate of drug-likeness (QED) is 0.799. The van der Waals surface area contributed by atoms with E-state index in [2.05, 4.69) is 47.1 Å². The molecule has 3 nitrogen and oxygen atoms in total. The summed E-state index contributed by atoms with van der Waals surface area (Å²) in [4.78, 5) is 4.68. The van der Waals surface area contributed by atoms with Gasteiger partial charge in [-0.05, 0) is 32.4 Å². The Bertz CT molecular complexity index is 451. The lowest BCUT2D eigenvalue weighted by Crippen LogP contribution is -2.54. The van der Waals surface area contributed by atoms with Gasteiger partial charge in [0.15, 0.2) is 0 Å². The minimum absolute atomic E-state index is 0.349. The van der Waals surface area contributed by atoms with Crippen molar-refractivity contribution in [3.8, 4) is 6.07 Å². The van der Waals surface area contributed by atoms with E-state index in [4.69, 9.17) is 5.26 Å². The van der Waals surface area contributed by atoms with Crippen molar-refractivity contribution in [2.75, 3.05) is 31.1 Å². The van der Waals surface area contributed by atoms with Crippen LogP contribution in [0.2, 0.25) is 0 Å². The second-order valence-electron chi connectivity index (χ2n) is 5.43. The molecule has 1 heterocycles. The Morgan fingerprint density at radius 2 is 1.72 bits per heavy atom. The van der Waals surface area contributed by atoms with Gasteiger partial charge in [-0.3, -0.25) is 4.90 Å². The average molecular weight is 243 g/mol. The molecule has 1 saturated heterocycles. The minimum atomic E-state index is -0.349. The molecule has 3 heteroatoms. The molecule has 0 atom stereocenters. The predicted molar refractivity (Wildman–Crippen MR) is 74.7 cm³/mol. The number of piperazine rings is 1. The van der Waals surface area contributed by atoms with Gasteiger partial charge in [-0.15, -0.1) is 0 Å². The molecule has 0 radical (unpaired) electrons. The first kappa shape index (κ1) is 12.9. The summed E-state index contributed by atoms with van der Waals surface area (Å²) in [7, 11) is 0. The Hall–Kier alpha value is -1.53. The molecule has 1 aromatic rings. The largest absolute Gasteiger partial charge is 0.369 e. The van der Waals surface area contributed by atoms with E-state index in [1.54, 1.807) is 0 Å². The highest BCUT2D eigenvalue weighted by Gasteiger charge is 2.29. The number of hydrogen-bond acceptors (Lipinski definition) is 3. The molecule has 0 unspecified atom stereocenters. The fraction of sp³-hybridized carbons (Fsp3) is 0.533. The molecule has 1 fully saturated rings. The van der Waals surface area contributed by atoms with E-state index in [0.29, 0.717) is 0 Å². The van der Waals surface area contributed by atoms with E-state index < -0.39 is 0 Å². The number of para-hydroxylation sites is 1. The van der Waals surface area contributed by atoms with Gasteiger partial charge in [-0.1, -0.05) is 18.2 Å². The Balaban J connectivity index is 2.04. The summed E-state index contributed by atoms with van der Waals surface area (Å²) >= 11 is 0. The minimum Gasteiger partial charge on any atom is -0.369 e. The van der Waals surface area contributed by atoms with Crippen LogP contribution in [0.15, 0.2) is 24.3 Å². The molecule has 0 spiro atoms. The molecule has 0 aromatic heterocycles. The van der Waals surface area contributed by atoms with Crippen LogP contribution in [0.25, 0.3) is 0 Å². The second-order valence-corrected chi connectivity index (χ2v) is 5.43. The summed E-state index contributed by atoms with van der Waals surface area (Å²) < 4.78 is 0. The molecule has 1 aliphatic rings. The van der Waals surface area contributed by atoms with Crippen LogP contribution in [-0.2, 0) is 0 Å². The number of aryl methyl sites for hydroxylation is 1. The zero-order valence-electron chi connectivity index (χ0n) is 11.5. The third kappa shape index (κ3) is 2.49. The highest BCUT2D eigenvalue weighted by Crippen LogP contribution is 2.23. The fourth-order valence-corrected chi connectivity index (χ4v) is 2.50. The van der Waals surface area contributed by atoms with Crippen molar-refractivity contribution in [1.82, 2.24) is 4.90 Å². The van der Waals surface area contributed by atoms with Crippen molar-refractivity contribution < 1.29 is 0 Å². The number of rotatable bonds is 2. The molecule has 0 bridgehead atoms. The molecule has 0 N–H and O–H groups in total. The first-order valence-corrected chi connectivity index (χ1v) is 6.51. The fourth-order valence-electron chi connectivity index (χ4n) is 2.50. The van der Waals surface area contributed by atoms with Crippen molar-refractivity contribution in [3.05, 3.63) is 29.8 Å². The van der Waals surface area contributed by atoms with Crippen molar-refractivity contribution in [2.45, 2.75) is 26.3 Å². The summed E-state index contributed by atoms with van der Waals surface area (Å²) in [5.74, 6) is 0. The number of anilines is 1. The van der Waals surface area contributed by atoms with Gasteiger partial charge in [-0.2, -0.15) is 5.26 Å². The van der Waals surface area contributed by atoms with Gasteiger partial charge in [-0.25, -0.2) is 0 Å². The maximum absolute atomic E-state index is 9.17. The summed E-state index contributed by atoms with van der Waals surface area (Å²) in [5, 5.41) is 9.17. The van der Waals surface area contributed by atoms with E-state index in [0.717, 1.165) is 26.2 Å². The Morgan fingerprint density at radius 3 is 2.28 bits per heavy atom. The molecule has 18 heavy (non-hydrogen) atoms. The first-order valence-electron chi connectivity index (χ1n) is 6.51. The van der Waals surface area contributed by atoms with Crippen molar-refractivity contribution in [3.63, 3.8) is 0 Å². The first-order chi connectivity index (χ1) is 8.54. The monoisotopic (exact) mass is 243 g/mol. The topological polar surface area (TPSA) is 30.3 Å². The van der Waals surface area contributed by atoms with Gasteiger partial charge in [0.2, 0.25) is 0 Å². The molecular weight excluding hydrogens is 222 g/mol. The van der Waals surface area contributed by atoms with Crippen LogP contribution < -0.4 is 4.90 Å². The normalized spacial score (nSPS) is 17.6. The van der Waals surface area contributed by atoms with Crippen LogP contribution in [0.3, 0.4) is 0 Å². The Kier molecular flexibility index (Phi) is 3.58. The smallest absolute Gasteiger partial charge is 0.103 e. The van der Waals surface area contributed by atoms with E-state index in [-0.39, 0.29) is 5.54 Å². The van der Waals surface area contributed by atoms with Gasteiger partial charge in [0.25, 0.3) is 0 Å². The van der Waals surface area contributed by atoms with Gasteiger partial charge >= 0.3 is 0 Å². The van der Waals surface area contributed by atoms with Crippen molar-refractivity contribution in [2.24, 2.45) is 0 Å². The molecular formula is C15H21N3.